The Kier molecular flexibility index (Phi) is 39.5. The molecule has 135 heavy (non-hydrogen) atoms. The van der Waals surface area contributed by atoms with E-state index < -0.39 is 426 Å². The molecule has 0 radical (unpaired) electrons. The second kappa shape index (κ2) is 48.2. The molecule has 1 unspecified atom stereocenters. The van der Waals surface area contributed by atoms with Crippen LogP contribution in [0.5, 0.6) is 0 Å². The van der Waals surface area contributed by atoms with Gasteiger partial charge in [-0.25, -0.2) is 0 Å². The van der Waals surface area contributed by atoms with Crippen LogP contribution < -0.4 is 26.6 Å². The van der Waals surface area contributed by atoms with E-state index in [2.05, 4.69) is 26.6 Å². The van der Waals surface area contributed by atoms with Gasteiger partial charge in [-0.1, -0.05) is 0 Å². The van der Waals surface area contributed by atoms with Crippen LogP contribution in [-0.2, 0) is 123 Å². The Bertz CT molecular complexity index is 3750. The van der Waals surface area contributed by atoms with Crippen LogP contribution in [0.2, 0.25) is 0 Å². The molecule has 11 aliphatic heterocycles. The zero-order chi connectivity index (χ0) is 99.4. The largest absolute Gasteiger partial charge is 0.394 e. The number of ether oxygens (including phenoxy) is 21. The molecular formula is C76H127N5O54. The number of nitrogens with one attached hydrogen (secondary N) is 5. The third kappa shape index (κ3) is 24.7. The summed E-state index contributed by atoms with van der Waals surface area (Å²) in [4.78, 5) is 65.0. The molecule has 11 fully saturated rings. The second-order valence-electron chi connectivity index (χ2n) is 34.5. The van der Waals surface area contributed by atoms with Gasteiger partial charge in [0, 0.05) is 34.6 Å². The zero-order valence-electron chi connectivity index (χ0n) is 73.3. The Hall–Kier alpha value is -4.61. The van der Waals surface area contributed by atoms with E-state index in [0.29, 0.717) is 0 Å². The first-order valence-electron chi connectivity index (χ1n) is 43.4. The summed E-state index contributed by atoms with van der Waals surface area (Å²) in [5.41, 5.74) is 0. The van der Waals surface area contributed by atoms with Gasteiger partial charge in [0.1, 0.15) is 256 Å². The predicted octanol–water partition coefficient (Wildman–Crippen LogP) is -22.2. The fourth-order valence-corrected chi connectivity index (χ4v) is 17.6. The first-order chi connectivity index (χ1) is 63.8. The lowest BCUT2D eigenvalue weighted by molar-refractivity contribution is -0.391. The lowest BCUT2D eigenvalue weighted by Crippen LogP contribution is -2.71. The smallest absolute Gasteiger partial charge is 0.217 e. The molecule has 0 spiro atoms. The molecule has 11 saturated heterocycles. The Morgan fingerprint density at radius 2 is 0.452 bits per heavy atom. The first-order valence-corrected chi connectivity index (χ1v) is 43.4. The van der Waals surface area contributed by atoms with Gasteiger partial charge in [-0.05, 0) is 13.8 Å². The highest BCUT2D eigenvalue weighted by molar-refractivity contribution is 5.75. The molecule has 0 saturated carbocycles. The van der Waals surface area contributed by atoms with Crippen LogP contribution in [0.25, 0.3) is 0 Å². The fraction of sp³-hybridized carbons (Fsp3) is 0.934. The number of carbonyl (C=O) groups excluding carboxylic acids is 5. The van der Waals surface area contributed by atoms with E-state index in [1.807, 2.05) is 0 Å². The molecule has 11 rings (SSSR count). The predicted molar refractivity (Wildman–Crippen MR) is 417 cm³/mol. The standard InChI is InChI=1S/C76H127N5O54/c1-17-38(94)49(105)54(110)71(117-17)134-64-51(107)41(97)25(9-83)121-75(64)130-59-28(12-86)124-67(35(47(59)103)79-21(5)91)115-15-31-43(99)62(37(66(114)119-31)81-23(7)93)132-74-57(113)63(133-70-36(80-22(6)92)48(104)60(29(13-87)125-70)131-76-65(52(108)42(98)26(10-84)122-76)135-72-55(111)50(106)39(95)18(2)118-72)44(100)32(127-74)16-116-68-34(78-20(4)90)46(102)58(27(11-85)123-68)129-73-56(112)53(109)61(30(14-88)126-73)128-69-33(77-19(3)89)45(101)40(96)24(8-82)120-69/h17-18,24-76,82-88,94-114H,8-16H2,1-7H3,(H,77,89)(H,78,90)(H,79,91)(H,80,92)(H,81,93)/t17-,18-,24+,25+,26+,27+,28+,29+,30+,31+,32+,33+,34+,35+,36+,37+,38+,39+,40+,41-,42-,43-,44-,45+,46+,47+,48+,49+,50+,51-,52-,53+,54-,55-,56+,57+,58+,59+,60+,61-,62+,63-,64+,65+,66?,67+,68+,69+,70-,71-,72-,73-,74-,75-,76-/m0/s1. The minimum atomic E-state index is -2.60. The number of rotatable bonds is 34. The van der Waals surface area contributed by atoms with Crippen molar-refractivity contribution in [2.24, 2.45) is 0 Å². The number of hydrogen-bond acceptors (Lipinski definition) is 54. The van der Waals surface area contributed by atoms with Crippen molar-refractivity contribution in [2.75, 3.05) is 59.5 Å². The van der Waals surface area contributed by atoms with Gasteiger partial charge in [0.2, 0.25) is 29.5 Å². The van der Waals surface area contributed by atoms with Crippen molar-refractivity contribution in [1.29, 1.82) is 0 Å². The van der Waals surface area contributed by atoms with Crippen LogP contribution in [0.4, 0.5) is 0 Å². The van der Waals surface area contributed by atoms with Gasteiger partial charge >= 0.3 is 0 Å². The van der Waals surface area contributed by atoms with Crippen molar-refractivity contribution in [2.45, 2.75) is 386 Å². The molecule has 55 atom stereocenters. The van der Waals surface area contributed by atoms with Crippen molar-refractivity contribution in [3.63, 3.8) is 0 Å². The first kappa shape index (κ1) is 111. The van der Waals surface area contributed by atoms with Gasteiger partial charge in [0.15, 0.2) is 69.2 Å². The Labute approximate surface area is 765 Å². The molecule has 5 amide bonds. The van der Waals surface area contributed by atoms with E-state index in [0.717, 1.165) is 34.6 Å². The summed E-state index contributed by atoms with van der Waals surface area (Å²) in [6.45, 7) is -2.66. The number of amides is 5. The molecule has 0 aromatic rings. The zero-order valence-corrected chi connectivity index (χ0v) is 73.3. The molecule has 59 nitrogen and oxygen atoms in total. The average molecular weight is 1970 g/mol. The lowest BCUT2D eigenvalue weighted by atomic mass is 9.93. The van der Waals surface area contributed by atoms with Crippen molar-refractivity contribution >= 4 is 29.5 Å². The minimum absolute atomic E-state index is 0.790. The molecule has 11 heterocycles. The third-order valence-corrected chi connectivity index (χ3v) is 24.9. The maximum absolute atomic E-state index is 13.4. The molecule has 0 aromatic carbocycles. The summed E-state index contributed by atoms with van der Waals surface area (Å²) in [6, 6.07) is -9.54. The Balaban J connectivity index is 0.878. The van der Waals surface area contributed by atoms with E-state index >= 15 is 0 Å². The Morgan fingerprint density at radius 1 is 0.207 bits per heavy atom. The number of aliphatic hydroxyl groups excluding tert-OH is 28. The van der Waals surface area contributed by atoms with E-state index in [1.54, 1.807) is 0 Å². The second-order valence-corrected chi connectivity index (χ2v) is 34.5. The fourth-order valence-electron chi connectivity index (χ4n) is 17.6. The van der Waals surface area contributed by atoms with Gasteiger partial charge in [0.25, 0.3) is 0 Å². The topological polar surface area (TPSA) is 906 Å². The summed E-state index contributed by atoms with van der Waals surface area (Å²) in [5.74, 6) is -4.71. The monoisotopic (exact) mass is 1970 g/mol. The number of aliphatic hydroxyl groups is 28. The molecule has 11 aliphatic rings. The van der Waals surface area contributed by atoms with Crippen LogP contribution in [0.3, 0.4) is 0 Å². The SMILES string of the molecule is CC(=O)N[C@H]1[C@H](OC[C@H]2O[C@@H](O[C@H]3[C@@H](O)[C@@H](CO[C@@H]4O[C@H](CO)[C@@H](O[C@@H]5O[C@H](CO)[C@H](O)[C@H](O)[C@H]5O[C@@H]5O[C@@H](C)[C@@H](O)[C@@H](O)[C@@H]5O)[C@H](O)[C@H]4NC(C)=O)OC(O)[C@@H]3NC(C)=O)[C@H](O)[C@@H](O[C@@H]3O[C@H](CO)[C@@H](O[C@@H]4O[C@H](CO)[C@H](O)[C@H](O)[C@H]4O[C@@H]4O[C@@H](C)[C@@H](O)[C@@H](O)[C@@H]4O)[C@H](O)[C@H]3NC(C)=O)[C@H]2O)O[C@H](CO)[C@@H](O[C@@H]2O[C@H](CO)[C@H](O[C@H]3O[C@H](CO)[C@@H](O)[C@H](O)[C@H]3NC(C)=O)[C@H](O)[C@H]2O)[C@@H]1O. The summed E-state index contributed by atoms with van der Waals surface area (Å²) in [6.07, 6.45) is -101. The van der Waals surface area contributed by atoms with Gasteiger partial charge in [-0.15, -0.1) is 0 Å². The highest BCUT2D eigenvalue weighted by atomic mass is 16.8. The van der Waals surface area contributed by atoms with Crippen molar-refractivity contribution in [1.82, 2.24) is 26.6 Å². The van der Waals surface area contributed by atoms with Crippen LogP contribution in [0.1, 0.15) is 48.5 Å². The molecule has 59 heteroatoms. The maximum atomic E-state index is 13.4. The van der Waals surface area contributed by atoms with Crippen molar-refractivity contribution in [3.8, 4) is 0 Å². The summed E-state index contributed by atoms with van der Waals surface area (Å²) in [7, 11) is 0. The third-order valence-electron chi connectivity index (χ3n) is 24.9. The van der Waals surface area contributed by atoms with Gasteiger partial charge in [-0.3, -0.25) is 24.0 Å². The minimum Gasteiger partial charge on any atom is -0.394 e. The van der Waals surface area contributed by atoms with E-state index in [4.69, 9.17) is 99.5 Å². The number of hydrogen-bond donors (Lipinski definition) is 33. The average Bonchev–Trinajstić information content (AvgIpc) is 0.767. The van der Waals surface area contributed by atoms with E-state index in [1.165, 1.54) is 13.8 Å². The van der Waals surface area contributed by atoms with Crippen molar-refractivity contribution in [3.05, 3.63) is 0 Å². The molecule has 0 aromatic heterocycles. The van der Waals surface area contributed by atoms with Crippen LogP contribution in [0, 0.1) is 0 Å². The summed E-state index contributed by atoms with van der Waals surface area (Å²) >= 11 is 0. The van der Waals surface area contributed by atoms with Gasteiger partial charge < -0.3 is 269 Å². The van der Waals surface area contributed by atoms with Crippen LogP contribution >= 0.6 is 0 Å². The van der Waals surface area contributed by atoms with Gasteiger partial charge in [-0.2, -0.15) is 0 Å². The van der Waals surface area contributed by atoms with Gasteiger partial charge in [0.05, 0.1) is 71.7 Å². The number of carbonyl (C=O) groups is 5. The highest BCUT2D eigenvalue weighted by Gasteiger charge is 2.63. The summed E-state index contributed by atoms with van der Waals surface area (Å²) in [5, 5.41) is 327. The van der Waals surface area contributed by atoms with Crippen LogP contribution in [-0.4, -0.2) is 569 Å². The Morgan fingerprint density at radius 3 is 0.837 bits per heavy atom. The molecule has 780 valence electrons. The van der Waals surface area contributed by atoms with E-state index in [9.17, 15) is 167 Å². The quantitative estimate of drug-likeness (QED) is 0.0284. The van der Waals surface area contributed by atoms with Crippen LogP contribution in [0.15, 0.2) is 0 Å². The molecular weight excluding hydrogens is 1850 g/mol. The van der Waals surface area contributed by atoms with E-state index in [-0.39, 0.29) is 0 Å². The normalized spacial score (nSPS) is 49.5. The maximum Gasteiger partial charge on any atom is 0.217 e. The lowest BCUT2D eigenvalue weighted by Gasteiger charge is -2.51. The molecule has 0 aliphatic carbocycles. The highest BCUT2D eigenvalue weighted by Crippen LogP contribution is 2.42. The molecule has 0 bridgehead atoms. The molecule has 33 N–H and O–H groups in total. The van der Waals surface area contributed by atoms with Crippen molar-refractivity contribution < 1.29 is 266 Å². The summed E-state index contributed by atoms with van der Waals surface area (Å²) < 4.78 is 125.